The van der Waals surface area contributed by atoms with E-state index in [4.69, 9.17) is 24.2 Å². The quantitative estimate of drug-likeness (QED) is 0.0854. The summed E-state index contributed by atoms with van der Waals surface area (Å²) in [4.78, 5) is 53.0. The van der Waals surface area contributed by atoms with Crippen molar-refractivity contribution in [3.8, 4) is 34.0 Å². The number of likely N-dealkylation sites (tertiary alicyclic amines) is 1. The third-order valence-corrected chi connectivity index (χ3v) is 14.9. The van der Waals surface area contributed by atoms with Crippen LogP contribution < -0.4 is 25.0 Å². The van der Waals surface area contributed by atoms with Crippen molar-refractivity contribution in [2.75, 3.05) is 56.7 Å². The van der Waals surface area contributed by atoms with Gasteiger partial charge in [-0.1, -0.05) is 26.0 Å². The molecule has 5 fully saturated rings. The monoisotopic (exact) mass is 938 g/mol. The van der Waals surface area contributed by atoms with Gasteiger partial charge in [-0.3, -0.25) is 19.4 Å². The summed E-state index contributed by atoms with van der Waals surface area (Å²) in [6.45, 7) is 9.89. The number of piperazine rings is 1. The van der Waals surface area contributed by atoms with Gasteiger partial charge in [0.15, 0.2) is 12.0 Å². The number of rotatable bonds is 15. The van der Waals surface area contributed by atoms with E-state index >= 15 is 4.39 Å². The molecular formula is C52H59FN10O6. The van der Waals surface area contributed by atoms with E-state index in [1.165, 1.54) is 6.07 Å². The highest BCUT2D eigenvalue weighted by Crippen LogP contribution is 2.54. The van der Waals surface area contributed by atoms with Gasteiger partial charge in [-0.05, 0) is 92.2 Å². The third kappa shape index (κ3) is 8.36. The van der Waals surface area contributed by atoms with Crippen LogP contribution in [0.4, 0.5) is 15.9 Å². The summed E-state index contributed by atoms with van der Waals surface area (Å²) >= 11 is 0. The van der Waals surface area contributed by atoms with Crippen LogP contribution in [0, 0.1) is 18.7 Å². The number of hydrogen-bond donors (Lipinski definition) is 3. The van der Waals surface area contributed by atoms with Crippen LogP contribution in [0.15, 0.2) is 42.7 Å². The number of halogens is 1. The Morgan fingerprint density at radius 1 is 1.03 bits per heavy atom. The number of carbonyl (C=O) groups excluding carboxylic acids is 3. The van der Waals surface area contributed by atoms with E-state index in [2.05, 4.69) is 36.9 Å². The second-order valence-corrected chi connectivity index (χ2v) is 19.9. The minimum Gasteiger partial charge on any atom is -0.486 e. The summed E-state index contributed by atoms with van der Waals surface area (Å²) in [5.74, 6) is 0.827. The molecule has 6 heterocycles. The number of H-pyrrole nitrogens is 1. The summed E-state index contributed by atoms with van der Waals surface area (Å²) in [7, 11) is 1.82. The molecule has 1 amide bonds. The molecule has 0 bridgehead atoms. The Balaban J connectivity index is 1.03. The molecule has 3 aliphatic heterocycles. The Morgan fingerprint density at radius 3 is 2.59 bits per heavy atom. The zero-order valence-corrected chi connectivity index (χ0v) is 39.6. The molecule has 69 heavy (non-hydrogen) atoms. The number of carbonyl (C=O) groups is 3. The van der Waals surface area contributed by atoms with Crippen molar-refractivity contribution in [3.05, 3.63) is 70.9 Å². The summed E-state index contributed by atoms with van der Waals surface area (Å²) in [5, 5.41) is 20.8. The fraction of sp³-hybridized carbons (Fsp3) is 0.481. The molecule has 2 atom stereocenters. The lowest BCUT2D eigenvalue weighted by Crippen LogP contribution is -2.52. The topological polar surface area (TPSA) is 182 Å². The summed E-state index contributed by atoms with van der Waals surface area (Å²) in [6, 6.07) is 8.67. The molecule has 2 saturated carbocycles. The van der Waals surface area contributed by atoms with Crippen LogP contribution in [0.3, 0.4) is 0 Å². The number of aldehydes is 2. The van der Waals surface area contributed by atoms with Crippen LogP contribution in [0.1, 0.15) is 104 Å². The van der Waals surface area contributed by atoms with Gasteiger partial charge < -0.3 is 39.4 Å². The minimum absolute atomic E-state index is 0.0612. The Bertz CT molecular complexity index is 2970. The van der Waals surface area contributed by atoms with E-state index in [1.807, 2.05) is 46.0 Å². The first-order valence-electron chi connectivity index (χ1n) is 24.6. The maximum Gasteiger partial charge on any atom is 0.319 e. The molecule has 2 aliphatic carbocycles. The van der Waals surface area contributed by atoms with Gasteiger partial charge in [0.1, 0.15) is 47.9 Å². The van der Waals surface area contributed by atoms with Gasteiger partial charge in [-0.15, -0.1) is 0 Å². The van der Waals surface area contributed by atoms with Gasteiger partial charge in [-0.2, -0.15) is 20.2 Å². The summed E-state index contributed by atoms with van der Waals surface area (Å²) < 4.78 is 37.2. The zero-order valence-electron chi connectivity index (χ0n) is 39.6. The fourth-order valence-electron chi connectivity index (χ4n) is 10.9. The van der Waals surface area contributed by atoms with Crippen molar-refractivity contribution in [1.82, 2.24) is 40.2 Å². The number of ether oxygens (including phenoxy) is 3. The molecular weight excluding hydrogens is 880 g/mol. The van der Waals surface area contributed by atoms with Gasteiger partial charge in [0.2, 0.25) is 5.91 Å². The van der Waals surface area contributed by atoms with Crippen LogP contribution >= 0.6 is 0 Å². The summed E-state index contributed by atoms with van der Waals surface area (Å²) in [5.41, 5.74) is 7.27. The van der Waals surface area contributed by atoms with E-state index in [0.717, 1.165) is 104 Å². The first-order chi connectivity index (χ1) is 33.6. The average molecular weight is 939 g/mol. The maximum atomic E-state index is 16.1. The molecule has 3 aromatic carbocycles. The number of aromatic nitrogens is 6. The second kappa shape index (κ2) is 18.1. The molecule has 0 radical (unpaired) electrons. The maximum absolute atomic E-state index is 16.1. The van der Waals surface area contributed by atoms with Crippen molar-refractivity contribution < 1.29 is 33.0 Å². The molecule has 360 valence electrons. The van der Waals surface area contributed by atoms with Crippen molar-refractivity contribution in [2.45, 2.75) is 108 Å². The van der Waals surface area contributed by atoms with E-state index in [9.17, 15) is 14.4 Å². The van der Waals surface area contributed by atoms with Gasteiger partial charge in [0.25, 0.3) is 0 Å². The lowest BCUT2D eigenvalue weighted by Gasteiger charge is -2.36. The Labute approximate surface area is 399 Å². The number of aromatic amines is 1. The highest BCUT2D eigenvalue weighted by molar-refractivity contribution is 6.06. The molecule has 5 aliphatic rings. The molecule has 3 aromatic heterocycles. The molecule has 1 spiro atoms. The normalized spacial score (nSPS) is 19.7. The molecule has 6 aromatic rings. The van der Waals surface area contributed by atoms with Gasteiger partial charge in [0, 0.05) is 96.5 Å². The van der Waals surface area contributed by atoms with Gasteiger partial charge in [-0.25, -0.2) is 4.39 Å². The number of anilines is 2. The highest BCUT2D eigenvalue weighted by atomic mass is 19.1. The third-order valence-electron chi connectivity index (χ3n) is 14.9. The van der Waals surface area contributed by atoms with Crippen molar-refractivity contribution in [1.29, 1.82) is 0 Å². The Hall–Kier alpha value is -6.46. The Kier molecular flexibility index (Phi) is 11.8. The number of amides is 1. The molecule has 16 nitrogen and oxygen atoms in total. The van der Waals surface area contributed by atoms with E-state index in [0.29, 0.717) is 77.2 Å². The van der Waals surface area contributed by atoms with Crippen molar-refractivity contribution in [2.24, 2.45) is 5.92 Å². The molecule has 2 unspecified atom stereocenters. The molecule has 17 heteroatoms. The predicted molar refractivity (Wildman–Crippen MR) is 260 cm³/mol. The first-order valence-corrected chi connectivity index (χ1v) is 24.6. The van der Waals surface area contributed by atoms with Gasteiger partial charge in [0.05, 0.1) is 31.0 Å². The average Bonchev–Trinajstić information content (AvgIpc) is 4.16. The largest absolute Gasteiger partial charge is 0.486 e. The first kappa shape index (κ1) is 45.0. The second-order valence-electron chi connectivity index (χ2n) is 19.9. The minimum atomic E-state index is -0.711. The SMILES string of the molecule is CNc1cc(COc2c(-c3c(C)c(F)cc4[nH]ncc34)c(C3CC3)cc3c(N4CCNC5(CC5)C4)nc(OC4CCOCC4)nc23)ccc1-c1cn(C(C(=O)N2CCCC2C=O)C(C)C)nc1C=O. The number of nitrogens with zero attached hydrogens (tertiary/aromatic N) is 7. The van der Waals surface area contributed by atoms with E-state index < -0.39 is 12.1 Å². The molecule has 3 N–H and O–H groups in total. The van der Waals surface area contributed by atoms with Crippen LogP contribution in [0.2, 0.25) is 0 Å². The van der Waals surface area contributed by atoms with Crippen LogP contribution in [-0.2, 0) is 20.9 Å². The molecule has 3 saturated heterocycles. The number of fused-ring (bicyclic) bond motifs is 2. The van der Waals surface area contributed by atoms with Crippen molar-refractivity contribution in [3.63, 3.8) is 0 Å². The van der Waals surface area contributed by atoms with Crippen LogP contribution in [-0.4, -0.2) is 117 Å². The van der Waals surface area contributed by atoms with Crippen molar-refractivity contribution >= 4 is 51.8 Å². The van der Waals surface area contributed by atoms with E-state index in [-0.39, 0.29) is 53.5 Å². The number of benzene rings is 3. The number of nitrogens with one attached hydrogen (secondary N) is 3. The Morgan fingerprint density at radius 2 is 1.86 bits per heavy atom. The lowest BCUT2D eigenvalue weighted by atomic mass is 9.88. The highest BCUT2D eigenvalue weighted by Gasteiger charge is 2.46. The fourth-order valence-corrected chi connectivity index (χ4v) is 10.9. The smallest absolute Gasteiger partial charge is 0.319 e. The predicted octanol–water partition coefficient (Wildman–Crippen LogP) is 7.68. The van der Waals surface area contributed by atoms with Crippen LogP contribution in [0.25, 0.3) is 44.1 Å². The van der Waals surface area contributed by atoms with E-state index in [1.54, 1.807) is 22.0 Å². The van der Waals surface area contributed by atoms with Gasteiger partial charge >= 0.3 is 6.01 Å². The summed E-state index contributed by atoms with van der Waals surface area (Å²) in [6.07, 6.45) is 11.9. The standard InChI is InChI=1S/C52H59FN10O6/c1-29(2)47(50(66)62-16-5-6-33(62)25-64)63-24-39(43(26-65)60-63)35-10-7-31(20-41(35)54-4)27-68-48-45(44-30(3)40(53)22-42-38(44)23-56-59-42)36(32-8-9-32)21-37-46(48)57-51(69-34-11-18-67-19-12-34)58-49(37)61-17-15-55-52(28-61)13-14-52/h7,10,20-26,29,32-34,47,54-55H,5-6,8-9,11-19,27-28H2,1-4H3,(H,56,59). The number of hydrogen-bond acceptors (Lipinski definition) is 13. The van der Waals surface area contributed by atoms with Crippen LogP contribution in [0.5, 0.6) is 11.8 Å². The lowest BCUT2D eigenvalue weighted by molar-refractivity contribution is -0.139. The molecule has 11 rings (SSSR count). The zero-order chi connectivity index (χ0) is 47.6.